The van der Waals surface area contributed by atoms with Crippen molar-refractivity contribution in [2.45, 2.75) is 12.5 Å². The fourth-order valence-corrected chi connectivity index (χ4v) is 1.50. The van der Waals surface area contributed by atoms with E-state index in [-0.39, 0.29) is 11.7 Å². The molecule has 1 amide bonds. The molecule has 5 nitrogen and oxygen atoms in total. The summed E-state index contributed by atoms with van der Waals surface area (Å²) in [5, 5.41) is 15.5. The minimum Gasteiger partial charge on any atom is -0.508 e. The quantitative estimate of drug-likeness (QED) is 0.768. The third-order valence-electron chi connectivity index (χ3n) is 2.41. The molecule has 2 N–H and O–H groups in total. The Morgan fingerprint density at radius 1 is 1.50 bits per heavy atom. The lowest BCUT2D eigenvalue weighted by molar-refractivity contribution is -0.130. The van der Waals surface area contributed by atoms with Crippen LogP contribution in [0.25, 0.3) is 0 Å². The Bertz CT molecular complexity index is 425. The van der Waals surface area contributed by atoms with E-state index < -0.39 is 6.10 Å². The van der Waals surface area contributed by atoms with Gasteiger partial charge in [-0.2, -0.15) is 0 Å². The van der Waals surface area contributed by atoms with Crippen LogP contribution in [0.3, 0.4) is 0 Å². The van der Waals surface area contributed by atoms with Crippen molar-refractivity contribution in [1.29, 1.82) is 0 Å². The summed E-state index contributed by atoms with van der Waals surface area (Å²) in [7, 11) is 1.56. The highest BCUT2D eigenvalue weighted by molar-refractivity contribution is 6.04. The molecule has 0 spiro atoms. The molecule has 1 heterocycles. The number of nitrogens with one attached hydrogen (secondary N) is 1. The van der Waals surface area contributed by atoms with Crippen molar-refractivity contribution in [3.63, 3.8) is 0 Å². The van der Waals surface area contributed by atoms with Gasteiger partial charge < -0.3 is 15.3 Å². The zero-order valence-corrected chi connectivity index (χ0v) is 8.80. The van der Waals surface area contributed by atoms with E-state index in [1.165, 1.54) is 0 Å². The maximum atomic E-state index is 11.3. The number of oxime groups is 1. The van der Waals surface area contributed by atoms with E-state index in [9.17, 15) is 4.79 Å². The number of phenols is 1. The second-order valence-electron chi connectivity index (χ2n) is 3.50. The molecule has 84 valence electrons. The van der Waals surface area contributed by atoms with Gasteiger partial charge in [-0.3, -0.25) is 4.79 Å². The number of carbonyl (C=O) groups is 1. The number of nitrogens with zero attached hydrogens (tertiary/aromatic N) is 1. The van der Waals surface area contributed by atoms with Gasteiger partial charge in [0.25, 0.3) is 5.91 Å². The summed E-state index contributed by atoms with van der Waals surface area (Å²) < 4.78 is 0. The number of hydrogen-bond acceptors (Lipinski definition) is 4. The monoisotopic (exact) mass is 220 g/mol. The zero-order valence-electron chi connectivity index (χ0n) is 8.80. The van der Waals surface area contributed by atoms with Gasteiger partial charge in [0, 0.05) is 13.5 Å². The molecule has 1 unspecified atom stereocenters. The Kier molecular flexibility index (Phi) is 2.76. The highest BCUT2D eigenvalue weighted by Gasteiger charge is 2.27. The summed E-state index contributed by atoms with van der Waals surface area (Å²) in [4.78, 5) is 16.3. The predicted molar refractivity (Wildman–Crippen MR) is 58.2 cm³/mol. The summed E-state index contributed by atoms with van der Waals surface area (Å²) in [5.41, 5.74) is 1.57. The molecule has 1 aliphatic rings. The van der Waals surface area contributed by atoms with E-state index in [1.807, 2.05) is 0 Å². The fraction of sp³-hybridized carbons (Fsp3) is 0.273. The van der Waals surface area contributed by atoms with Gasteiger partial charge in [0.15, 0.2) is 0 Å². The minimum atomic E-state index is -0.547. The van der Waals surface area contributed by atoms with E-state index in [4.69, 9.17) is 9.94 Å². The normalized spacial score (nSPS) is 18.8. The molecular formula is C11H12N2O3. The smallest absolute Gasteiger partial charge is 0.264 e. The molecule has 16 heavy (non-hydrogen) atoms. The van der Waals surface area contributed by atoms with Gasteiger partial charge in [0.05, 0.1) is 5.71 Å². The number of hydrogen-bond donors (Lipinski definition) is 2. The SMILES string of the molecule is CNC(=O)C1CC(c2ccc(O)cc2)=NO1. The molecule has 5 heteroatoms. The van der Waals surface area contributed by atoms with Gasteiger partial charge in [-0.05, 0) is 29.8 Å². The van der Waals surface area contributed by atoms with Crippen LogP contribution in [0.4, 0.5) is 0 Å². The lowest BCUT2D eigenvalue weighted by Crippen LogP contribution is -2.31. The lowest BCUT2D eigenvalue weighted by Gasteiger charge is -2.04. The summed E-state index contributed by atoms with van der Waals surface area (Å²) >= 11 is 0. The first-order valence-corrected chi connectivity index (χ1v) is 4.94. The molecule has 0 bridgehead atoms. The van der Waals surface area contributed by atoms with Crippen molar-refractivity contribution in [1.82, 2.24) is 5.32 Å². The first-order chi connectivity index (χ1) is 7.70. The zero-order chi connectivity index (χ0) is 11.5. The van der Waals surface area contributed by atoms with Crippen molar-refractivity contribution in [3.05, 3.63) is 29.8 Å². The predicted octanol–water partition coefficient (Wildman–Crippen LogP) is 0.631. The van der Waals surface area contributed by atoms with Crippen LogP contribution in [0.2, 0.25) is 0 Å². The van der Waals surface area contributed by atoms with E-state index in [0.29, 0.717) is 12.1 Å². The number of phenolic OH excluding ortho intramolecular Hbond substituents is 1. The van der Waals surface area contributed by atoms with Crippen molar-refractivity contribution in [3.8, 4) is 5.75 Å². The number of carbonyl (C=O) groups excluding carboxylic acids is 1. The highest BCUT2D eigenvalue weighted by Crippen LogP contribution is 2.18. The Labute approximate surface area is 92.7 Å². The Morgan fingerprint density at radius 2 is 2.19 bits per heavy atom. The fourth-order valence-electron chi connectivity index (χ4n) is 1.50. The number of likely N-dealkylation sites (N-methyl/N-ethyl adjacent to an activating group) is 1. The number of amides is 1. The van der Waals surface area contributed by atoms with Crippen molar-refractivity contribution >= 4 is 11.6 Å². The molecule has 0 fully saturated rings. The van der Waals surface area contributed by atoms with E-state index in [1.54, 1.807) is 31.3 Å². The number of rotatable bonds is 2. The molecule has 1 aromatic carbocycles. The molecule has 0 radical (unpaired) electrons. The third kappa shape index (κ3) is 1.98. The highest BCUT2D eigenvalue weighted by atomic mass is 16.6. The van der Waals surface area contributed by atoms with Crippen LogP contribution >= 0.6 is 0 Å². The average Bonchev–Trinajstić information content (AvgIpc) is 2.78. The van der Waals surface area contributed by atoms with E-state index in [2.05, 4.69) is 10.5 Å². The van der Waals surface area contributed by atoms with Crippen LogP contribution in [0.1, 0.15) is 12.0 Å². The molecule has 0 aliphatic carbocycles. The summed E-state index contributed by atoms with van der Waals surface area (Å²) in [6.45, 7) is 0. The minimum absolute atomic E-state index is 0.183. The molecule has 0 saturated carbocycles. The van der Waals surface area contributed by atoms with Gasteiger partial charge in [0.1, 0.15) is 5.75 Å². The Hall–Kier alpha value is -2.04. The first-order valence-electron chi connectivity index (χ1n) is 4.94. The van der Waals surface area contributed by atoms with Gasteiger partial charge >= 0.3 is 0 Å². The number of benzene rings is 1. The first kappa shape index (κ1) is 10.5. The third-order valence-corrected chi connectivity index (χ3v) is 2.41. The van der Waals surface area contributed by atoms with Crippen molar-refractivity contribution in [2.24, 2.45) is 5.16 Å². The van der Waals surface area contributed by atoms with Crippen LogP contribution in [0.5, 0.6) is 5.75 Å². The lowest BCUT2D eigenvalue weighted by atomic mass is 10.0. The van der Waals surface area contributed by atoms with Crippen LogP contribution in [0.15, 0.2) is 29.4 Å². The van der Waals surface area contributed by atoms with Crippen molar-refractivity contribution < 1.29 is 14.7 Å². The Morgan fingerprint density at radius 3 is 2.81 bits per heavy atom. The molecular weight excluding hydrogens is 208 g/mol. The second kappa shape index (κ2) is 4.22. The van der Waals surface area contributed by atoms with E-state index >= 15 is 0 Å². The van der Waals surface area contributed by atoms with Crippen LogP contribution in [0, 0.1) is 0 Å². The largest absolute Gasteiger partial charge is 0.508 e. The molecule has 1 aliphatic heterocycles. The molecule has 1 atom stereocenters. The van der Waals surface area contributed by atoms with Crippen molar-refractivity contribution in [2.75, 3.05) is 7.05 Å². The van der Waals surface area contributed by atoms with Crippen LogP contribution in [-0.4, -0.2) is 29.9 Å². The Balaban J connectivity index is 2.08. The molecule has 0 saturated heterocycles. The number of aromatic hydroxyl groups is 1. The molecule has 2 rings (SSSR count). The van der Waals surface area contributed by atoms with E-state index in [0.717, 1.165) is 5.56 Å². The summed E-state index contributed by atoms with van der Waals surface area (Å²) in [5.74, 6) is 0.0173. The average molecular weight is 220 g/mol. The standard InChI is InChI=1S/C11H12N2O3/c1-12-11(15)10-6-9(13-16-10)7-2-4-8(14)5-3-7/h2-5,10,14H,6H2,1H3,(H,12,15). The maximum Gasteiger partial charge on any atom is 0.264 e. The topological polar surface area (TPSA) is 70.9 Å². The van der Waals surface area contributed by atoms with Gasteiger partial charge in [0.2, 0.25) is 6.10 Å². The summed E-state index contributed by atoms with van der Waals surface area (Å²) in [6, 6.07) is 6.63. The summed E-state index contributed by atoms with van der Waals surface area (Å²) in [6.07, 6.45) is -0.0985. The van der Waals surface area contributed by atoms with Crippen LogP contribution < -0.4 is 5.32 Å². The maximum absolute atomic E-state index is 11.3. The molecule has 1 aromatic rings. The van der Waals surface area contributed by atoms with Gasteiger partial charge in [-0.15, -0.1) is 0 Å². The van der Waals surface area contributed by atoms with Crippen LogP contribution in [-0.2, 0) is 9.63 Å². The van der Waals surface area contributed by atoms with Gasteiger partial charge in [-0.1, -0.05) is 5.16 Å². The molecule has 0 aromatic heterocycles. The van der Waals surface area contributed by atoms with Gasteiger partial charge in [-0.25, -0.2) is 0 Å². The second-order valence-corrected chi connectivity index (χ2v) is 3.50.